The number of benzene rings is 10. The third kappa shape index (κ3) is 4.72. The predicted molar refractivity (Wildman–Crippen MR) is 253 cm³/mol. The van der Waals surface area contributed by atoms with Crippen LogP contribution in [0.2, 0.25) is 0 Å². The number of thiophene rings is 1. The van der Waals surface area contributed by atoms with Crippen LogP contribution in [0.1, 0.15) is 25.0 Å². The second-order valence-corrected chi connectivity index (χ2v) is 17.9. The molecule has 276 valence electrons. The van der Waals surface area contributed by atoms with Crippen molar-refractivity contribution in [3.8, 4) is 44.5 Å². The molecule has 0 spiro atoms. The summed E-state index contributed by atoms with van der Waals surface area (Å²) in [6.45, 7) is 4.68. The first-order valence-corrected chi connectivity index (χ1v) is 21.3. The van der Waals surface area contributed by atoms with Crippen molar-refractivity contribution >= 4 is 85.8 Å². The molecule has 2 heteroatoms. The highest BCUT2D eigenvalue weighted by molar-refractivity contribution is 7.25. The fourth-order valence-electron chi connectivity index (χ4n) is 10.4. The van der Waals surface area contributed by atoms with Gasteiger partial charge in [0.05, 0.1) is 0 Å². The van der Waals surface area contributed by atoms with Gasteiger partial charge in [0.25, 0.3) is 0 Å². The van der Waals surface area contributed by atoms with Gasteiger partial charge in [-0.2, -0.15) is 0 Å². The van der Waals surface area contributed by atoms with Crippen LogP contribution in [0.4, 0.5) is 0 Å². The van der Waals surface area contributed by atoms with Gasteiger partial charge in [-0.15, -0.1) is 11.3 Å². The number of hydrogen-bond acceptors (Lipinski definition) is 2. The van der Waals surface area contributed by atoms with Gasteiger partial charge in [-0.25, -0.2) is 0 Å². The maximum Gasteiger partial charge on any atom is 0.136 e. The van der Waals surface area contributed by atoms with E-state index in [0.29, 0.717) is 0 Å². The average molecular weight is 769 g/mol. The van der Waals surface area contributed by atoms with Crippen LogP contribution >= 0.6 is 11.3 Å². The molecule has 0 fully saturated rings. The second-order valence-electron chi connectivity index (χ2n) is 16.8. The summed E-state index contributed by atoms with van der Waals surface area (Å²) in [6, 6.07) is 67.7. The molecule has 12 aromatic rings. The fourth-order valence-corrected chi connectivity index (χ4v) is 11.4. The Kier molecular flexibility index (Phi) is 6.73. The van der Waals surface area contributed by atoms with Gasteiger partial charge in [-0.3, -0.25) is 0 Å². The SMILES string of the molecule is CC1(C)c2ccccc2-c2cc3oc4cc5ccc(-c6ccc(-c7c8ccccc8c(-c8ccc9sc%10ccccc%10c9c8)c8ccccc78)cc6)cc5cc4c3cc21. The molecule has 1 aliphatic carbocycles. The zero-order chi connectivity index (χ0) is 39.0. The van der Waals surface area contributed by atoms with Gasteiger partial charge in [0.1, 0.15) is 11.2 Å². The molecule has 2 heterocycles. The number of hydrogen-bond donors (Lipinski definition) is 0. The van der Waals surface area contributed by atoms with Crippen LogP contribution in [0.5, 0.6) is 0 Å². The average Bonchev–Trinajstić information content (AvgIpc) is 3.90. The van der Waals surface area contributed by atoms with Gasteiger partial charge >= 0.3 is 0 Å². The fraction of sp³-hybridized carbons (Fsp3) is 0.0526. The molecule has 0 bridgehead atoms. The van der Waals surface area contributed by atoms with Crippen LogP contribution in [0, 0.1) is 0 Å². The van der Waals surface area contributed by atoms with Crippen molar-refractivity contribution in [2.45, 2.75) is 19.3 Å². The van der Waals surface area contributed by atoms with E-state index in [0.717, 1.165) is 11.2 Å². The van der Waals surface area contributed by atoms with Gasteiger partial charge in [0, 0.05) is 36.4 Å². The van der Waals surface area contributed by atoms with Crippen molar-refractivity contribution in [2.75, 3.05) is 0 Å². The predicted octanol–water partition coefficient (Wildman–Crippen LogP) is 16.7. The molecule has 1 aliphatic rings. The van der Waals surface area contributed by atoms with Crippen LogP contribution in [0.3, 0.4) is 0 Å². The van der Waals surface area contributed by atoms with E-state index in [4.69, 9.17) is 4.42 Å². The van der Waals surface area contributed by atoms with Crippen molar-refractivity contribution in [2.24, 2.45) is 0 Å². The van der Waals surface area contributed by atoms with Gasteiger partial charge in [0.2, 0.25) is 0 Å². The lowest BCUT2D eigenvalue weighted by Crippen LogP contribution is -2.14. The molecule has 0 saturated carbocycles. The highest BCUT2D eigenvalue weighted by Gasteiger charge is 2.36. The van der Waals surface area contributed by atoms with E-state index >= 15 is 0 Å². The second kappa shape index (κ2) is 12.0. The Morgan fingerprint density at radius 2 is 0.932 bits per heavy atom. The summed E-state index contributed by atoms with van der Waals surface area (Å²) in [7, 11) is 0. The Bertz CT molecular complexity index is 3690. The first-order valence-electron chi connectivity index (χ1n) is 20.5. The Hall–Kier alpha value is -7.00. The van der Waals surface area contributed by atoms with Crippen molar-refractivity contribution < 1.29 is 4.42 Å². The van der Waals surface area contributed by atoms with Gasteiger partial charge < -0.3 is 4.42 Å². The van der Waals surface area contributed by atoms with Crippen LogP contribution < -0.4 is 0 Å². The Morgan fingerprint density at radius 3 is 1.69 bits per heavy atom. The summed E-state index contributed by atoms with van der Waals surface area (Å²) in [6.07, 6.45) is 0. The Morgan fingerprint density at radius 1 is 0.356 bits per heavy atom. The minimum atomic E-state index is -0.0603. The molecule has 59 heavy (non-hydrogen) atoms. The Balaban J connectivity index is 0.918. The molecule has 13 rings (SSSR count). The van der Waals surface area contributed by atoms with E-state index in [2.05, 4.69) is 196 Å². The summed E-state index contributed by atoms with van der Waals surface area (Å²) in [5.41, 5.74) is 14.6. The molecule has 1 nitrogen and oxygen atoms in total. The third-order valence-electron chi connectivity index (χ3n) is 13.2. The molecular weight excluding hydrogens is 733 g/mol. The highest BCUT2D eigenvalue weighted by atomic mass is 32.1. The van der Waals surface area contributed by atoms with E-state index in [1.54, 1.807) is 0 Å². The molecule has 0 saturated heterocycles. The molecule has 0 unspecified atom stereocenters. The minimum Gasteiger partial charge on any atom is -0.456 e. The first-order chi connectivity index (χ1) is 29.0. The zero-order valence-corrected chi connectivity index (χ0v) is 33.5. The lowest BCUT2D eigenvalue weighted by Gasteiger charge is -2.21. The van der Waals surface area contributed by atoms with Gasteiger partial charge in [-0.05, 0) is 136 Å². The molecule has 0 radical (unpaired) electrons. The monoisotopic (exact) mass is 768 g/mol. The van der Waals surface area contributed by atoms with E-state index in [1.807, 2.05) is 11.3 Å². The molecular formula is C57H36OS. The largest absolute Gasteiger partial charge is 0.456 e. The minimum absolute atomic E-state index is 0.0603. The molecule has 0 amide bonds. The standard InChI is InChI=1S/C57H36OS/c1-57(2)49-17-9-7-11-39(49)45-32-52-47(31-50(45)57)46-29-38-27-35(23-24-36(38)30-51(46)58-52)33-19-21-34(22-20-33)55-41-13-3-5-15-43(41)56(44-16-6-4-14-42(44)55)37-25-26-54-48(28-37)40-12-8-10-18-53(40)59-54/h3-32H,1-2H3. The lowest BCUT2D eigenvalue weighted by atomic mass is 9.82. The van der Waals surface area contributed by atoms with Crippen molar-refractivity contribution in [1.29, 1.82) is 0 Å². The smallest absolute Gasteiger partial charge is 0.136 e. The van der Waals surface area contributed by atoms with Gasteiger partial charge in [-0.1, -0.05) is 147 Å². The summed E-state index contributed by atoms with van der Waals surface area (Å²) in [4.78, 5) is 0. The van der Waals surface area contributed by atoms with Crippen LogP contribution in [0.15, 0.2) is 186 Å². The topological polar surface area (TPSA) is 13.1 Å². The normalized spacial score (nSPS) is 13.4. The van der Waals surface area contributed by atoms with Gasteiger partial charge in [0.15, 0.2) is 0 Å². The van der Waals surface area contributed by atoms with Crippen LogP contribution in [0.25, 0.3) is 119 Å². The number of rotatable bonds is 3. The Labute approximate surface area is 345 Å². The van der Waals surface area contributed by atoms with E-state index < -0.39 is 0 Å². The van der Waals surface area contributed by atoms with Crippen LogP contribution in [-0.4, -0.2) is 0 Å². The third-order valence-corrected chi connectivity index (χ3v) is 14.4. The van der Waals surface area contributed by atoms with Crippen molar-refractivity contribution in [1.82, 2.24) is 0 Å². The number of furan rings is 1. The first kappa shape index (κ1) is 33.0. The van der Waals surface area contributed by atoms with E-state index in [1.165, 1.54) is 119 Å². The van der Waals surface area contributed by atoms with Crippen molar-refractivity contribution in [3.05, 3.63) is 193 Å². The summed E-state index contributed by atoms with van der Waals surface area (Å²) in [5.74, 6) is 0. The van der Waals surface area contributed by atoms with E-state index in [-0.39, 0.29) is 5.41 Å². The maximum atomic E-state index is 6.56. The molecule has 0 aliphatic heterocycles. The summed E-state index contributed by atoms with van der Waals surface area (Å²) >= 11 is 1.87. The van der Waals surface area contributed by atoms with Crippen molar-refractivity contribution in [3.63, 3.8) is 0 Å². The van der Waals surface area contributed by atoms with E-state index in [9.17, 15) is 0 Å². The molecule has 10 aromatic carbocycles. The lowest BCUT2D eigenvalue weighted by molar-refractivity contribution is 0.658. The van der Waals surface area contributed by atoms with Crippen LogP contribution in [-0.2, 0) is 5.41 Å². The highest BCUT2D eigenvalue weighted by Crippen LogP contribution is 2.51. The molecule has 0 atom stereocenters. The summed E-state index contributed by atoms with van der Waals surface area (Å²) < 4.78 is 9.22. The summed E-state index contributed by atoms with van der Waals surface area (Å²) in [5, 5.41) is 12.5. The number of fused-ring (bicyclic) bond motifs is 12. The molecule has 2 aromatic heterocycles. The quantitative estimate of drug-likeness (QED) is 0.163. The zero-order valence-electron chi connectivity index (χ0n) is 32.6. The molecule has 0 N–H and O–H groups in total. The maximum absolute atomic E-state index is 6.56.